The van der Waals surface area contributed by atoms with Gasteiger partial charge >= 0.3 is 0 Å². The zero-order valence-corrected chi connectivity index (χ0v) is 6.32. The second-order valence-electron chi connectivity index (χ2n) is 2.46. The molecule has 0 aliphatic rings. The van der Waals surface area contributed by atoms with Crippen LogP contribution in [0.25, 0.3) is 0 Å². The molecule has 0 unspecified atom stereocenters. The number of aliphatic hydroxyl groups is 1. The molecule has 0 aliphatic heterocycles. The third-order valence-electron chi connectivity index (χ3n) is 1.55. The maximum Gasteiger partial charge on any atom is 0.150 e. The summed E-state index contributed by atoms with van der Waals surface area (Å²) in [5.41, 5.74) is 1.46. The summed E-state index contributed by atoms with van der Waals surface area (Å²) in [7, 11) is 0. The molecule has 0 bridgehead atoms. The average molecular weight is 150 g/mol. The molecular weight excluding hydrogens is 140 g/mol. The lowest BCUT2D eigenvalue weighted by atomic mass is 10.1. The fourth-order valence-electron chi connectivity index (χ4n) is 0.853. The second-order valence-corrected chi connectivity index (χ2v) is 2.46. The first kappa shape index (κ1) is 7.95. The average Bonchev–Trinajstić information content (AvgIpc) is 2.05. The van der Waals surface area contributed by atoms with E-state index in [0.717, 1.165) is 11.8 Å². The van der Waals surface area contributed by atoms with Crippen molar-refractivity contribution in [3.8, 4) is 0 Å². The topological polar surface area (TPSA) is 37.3 Å². The summed E-state index contributed by atoms with van der Waals surface area (Å²) in [6.07, 6.45) is 0.321. The van der Waals surface area contributed by atoms with E-state index in [1.54, 1.807) is 31.2 Å². The van der Waals surface area contributed by atoms with Crippen molar-refractivity contribution >= 4 is 6.29 Å². The minimum absolute atomic E-state index is 0.462. The number of aliphatic hydroxyl groups excluding tert-OH is 1. The largest absolute Gasteiger partial charge is 0.389 e. The highest BCUT2D eigenvalue weighted by Gasteiger charge is 1.98. The lowest BCUT2D eigenvalue weighted by molar-refractivity contribution is 0.112. The Morgan fingerprint density at radius 2 is 1.91 bits per heavy atom. The highest BCUT2D eigenvalue weighted by atomic mass is 16.3. The third kappa shape index (κ3) is 1.88. The molecule has 2 nitrogen and oxygen atoms in total. The summed E-state index contributed by atoms with van der Waals surface area (Å²) in [6, 6.07) is 6.87. The van der Waals surface area contributed by atoms with Gasteiger partial charge in [-0.1, -0.05) is 24.3 Å². The molecular formula is C9H10O2. The maximum atomic E-state index is 10.2. The van der Waals surface area contributed by atoms with Gasteiger partial charge in [0.05, 0.1) is 6.10 Å². The molecule has 1 rings (SSSR count). The summed E-state index contributed by atoms with van der Waals surface area (Å²) in [4.78, 5) is 10.2. The van der Waals surface area contributed by atoms with Gasteiger partial charge < -0.3 is 5.11 Å². The molecule has 1 aromatic rings. The first-order chi connectivity index (χ1) is 5.24. The van der Waals surface area contributed by atoms with Crippen LogP contribution in [-0.2, 0) is 0 Å². The molecule has 58 valence electrons. The Balaban J connectivity index is 2.91. The highest BCUT2D eigenvalue weighted by Crippen LogP contribution is 2.11. The van der Waals surface area contributed by atoms with Gasteiger partial charge in [-0.15, -0.1) is 0 Å². The molecule has 0 saturated carbocycles. The van der Waals surface area contributed by atoms with Crippen LogP contribution < -0.4 is 0 Å². The van der Waals surface area contributed by atoms with Gasteiger partial charge in [0.15, 0.2) is 0 Å². The van der Waals surface area contributed by atoms with Gasteiger partial charge in [0, 0.05) is 5.56 Å². The van der Waals surface area contributed by atoms with E-state index in [-0.39, 0.29) is 0 Å². The molecule has 0 spiro atoms. The van der Waals surface area contributed by atoms with Gasteiger partial charge in [-0.2, -0.15) is 0 Å². The van der Waals surface area contributed by atoms with E-state index >= 15 is 0 Å². The Morgan fingerprint density at radius 1 is 1.36 bits per heavy atom. The van der Waals surface area contributed by atoms with Gasteiger partial charge in [0.1, 0.15) is 6.29 Å². The lowest BCUT2D eigenvalue weighted by Crippen LogP contribution is -1.90. The van der Waals surface area contributed by atoms with Crippen molar-refractivity contribution in [1.82, 2.24) is 0 Å². The van der Waals surface area contributed by atoms with Crippen LogP contribution in [0.3, 0.4) is 0 Å². The minimum atomic E-state index is -0.462. The van der Waals surface area contributed by atoms with Crippen molar-refractivity contribution in [3.63, 3.8) is 0 Å². The smallest absolute Gasteiger partial charge is 0.150 e. The van der Waals surface area contributed by atoms with E-state index in [9.17, 15) is 4.79 Å². The standard InChI is InChI=1S/C9H10O2/c1-7(11)9-4-2-8(6-10)3-5-9/h2-7,11H,1H3/t7-/m0/s1. The first-order valence-electron chi connectivity index (χ1n) is 3.47. The second kappa shape index (κ2) is 3.30. The van der Waals surface area contributed by atoms with Crippen LogP contribution >= 0.6 is 0 Å². The molecule has 0 aromatic heterocycles. The lowest BCUT2D eigenvalue weighted by Gasteiger charge is -2.02. The van der Waals surface area contributed by atoms with E-state index in [2.05, 4.69) is 0 Å². The quantitative estimate of drug-likeness (QED) is 0.649. The summed E-state index contributed by atoms with van der Waals surface area (Å²) < 4.78 is 0. The summed E-state index contributed by atoms with van der Waals surface area (Å²) in [6.45, 7) is 1.69. The Hall–Kier alpha value is -1.15. The Kier molecular flexibility index (Phi) is 2.39. The van der Waals surface area contributed by atoms with Crippen LogP contribution in [0.15, 0.2) is 24.3 Å². The van der Waals surface area contributed by atoms with E-state index in [1.165, 1.54) is 0 Å². The SMILES string of the molecule is C[C@H](O)c1ccc(C=O)cc1. The Morgan fingerprint density at radius 3 is 2.27 bits per heavy atom. The molecule has 0 amide bonds. The fourth-order valence-corrected chi connectivity index (χ4v) is 0.853. The van der Waals surface area contributed by atoms with Gasteiger partial charge in [-0.25, -0.2) is 0 Å². The zero-order valence-electron chi connectivity index (χ0n) is 6.32. The summed E-state index contributed by atoms with van der Waals surface area (Å²) in [5.74, 6) is 0. The molecule has 0 saturated heterocycles. The van der Waals surface area contributed by atoms with Crippen LogP contribution in [-0.4, -0.2) is 11.4 Å². The van der Waals surface area contributed by atoms with E-state index in [1.807, 2.05) is 0 Å². The molecule has 1 aromatic carbocycles. The number of rotatable bonds is 2. The Bertz CT molecular complexity index is 236. The molecule has 0 aliphatic carbocycles. The molecule has 11 heavy (non-hydrogen) atoms. The Labute approximate surface area is 65.5 Å². The molecule has 1 atom stereocenters. The molecule has 2 heteroatoms. The van der Waals surface area contributed by atoms with Crippen LogP contribution in [0.4, 0.5) is 0 Å². The van der Waals surface area contributed by atoms with Crippen LogP contribution in [0.2, 0.25) is 0 Å². The predicted molar refractivity (Wildman–Crippen MR) is 42.5 cm³/mol. The van der Waals surface area contributed by atoms with Crippen LogP contribution in [0, 0.1) is 0 Å². The number of hydrogen-bond acceptors (Lipinski definition) is 2. The van der Waals surface area contributed by atoms with Crippen LogP contribution in [0.5, 0.6) is 0 Å². The fraction of sp³-hybridized carbons (Fsp3) is 0.222. The van der Waals surface area contributed by atoms with Crippen LogP contribution in [0.1, 0.15) is 28.9 Å². The van der Waals surface area contributed by atoms with Gasteiger partial charge in [-0.05, 0) is 12.5 Å². The van der Waals surface area contributed by atoms with Crippen molar-refractivity contribution in [2.24, 2.45) is 0 Å². The van der Waals surface area contributed by atoms with Crippen molar-refractivity contribution in [2.45, 2.75) is 13.0 Å². The number of carbonyl (C=O) groups is 1. The van der Waals surface area contributed by atoms with E-state index < -0.39 is 6.10 Å². The molecule has 0 fully saturated rings. The van der Waals surface area contributed by atoms with Gasteiger partial charge in [0.25, 0.3) is 0 Å². The number of aldehydes is 1. The van der Waals surface area contributed by atoms with Crippen molar-refractivity contribution < 1.29 is 9.90 Å². The van der Waals surface area contributed by atoms with Crippen molar-refractivity contribution in [3.05, 3.63) is 35.4 Å². The third-order valence-corrected chi connectivity index (χ3v) is 1.55. The van der Waals surface area contributed by atoms with Gasteiger partial charge in [0.2, 0.25) is 0 Å². The number of hydrogen-bond donors (Lipinski definition) is 1. The van der Waals surface area contributed by atoms with E-state index in [4.69, 9.17) is 5.11 Å². The number of carbonyl (C=O) groups excluding carboxylic acids is 1. The first-order valence-corrected chi connectivity index (χ1v) is 3.47. The monoisotopic (exact) mass is 150 g/mol. The summed E-state index contributed by atoms with van der Waals surface area (Å²) in [5, 5.41) is 9.10. The summed E-state index contributed by atoms with van der Waals surface area (Å²) >= 11 is 0. The van der Waals surface area contributed by atoms with E-state index in [0.29, 0.717) is 5.56 Å². The van der Waals surface area contributed by atoms with Crippen molar-refractivity contribution in [2.75, 3.05) is 0 Å². The van der Waals surface area contributed by atoms with Gasteiger partial charge in [-0.3, -0.25) is 4.79 Å². The highest BCUT2D eigenvalue weighted by molar-refractivity contribution is 5.74. The maximum absolute atomic E-state index is 10.2. The minimum Gasteiger partial charge on any atom is -0.389 e. The predicted octanol–water partition coefficient (Wildman–Crippen LogP) is 1.55. The molecule has 0 radical (unpaired) electrons. The normalized spacial score (nSPS) is 12.5. The van der Waals surface area contributed by atoms with Crippen molar-refractivity contribution in [1.29, 1.82) is 0 Å². The molecule has 0 heterocycles. The zero-order chi connectivity index (χ0) is 8.27. The number of benzene rings is 1. The molecule has 1 N–H and O–H groups in total.